The van der Waals surface area contributed by atoms with E-state index in [4.69, 9.17) is 4.43 Å². The molecule has 0 aliphatic heterocycles. The Balaban J connectivity index is 2.34. The van der Waals surface area contributed by atoms with E-state index < -0.39 is 19.5 Å². The maximum Gasteiger partial charge on any atom is 0.193 e. The number of nitrogens with zero attached hydrogens (tertiary/aromatic N) is 1. The number of rotatable bonds is 3. The van der Waals surface area contributed by atoms with Gasteiger partial charge in [0.05, 0.1) is 11.3 Å². The first-order valence-corrected chi connectivity index (χ1v) is 11.1. The lowest BCUT2D eigenvalue weighted by molar-refractivity contribution is -0.169. The summed E-state index contributed by atoms with van der Waals surface area (Å²) >= 11 is 3.42. The zero-order valence-electron chi connectivity index (χ0n) is 13.8. The molecule has 118 valence electrons. The van der Waals surface area contributed by atoms with E-state index in [0.717, 1.165) is 10.2 Å². The Labute approximate surface area is 137 Å². The Morgan fingerprint density at radius 2 is 1.86 bits per heavy atom. The highest BCUT2D eigenvalue weighted by molar-refractivity contribution is 9.10. The molecule has 0 unspecified atom stereocenters. The van der Waals surface area contributed by atoms with Crippen LogP contribution in [-0.2, 0) is 10.0 Å². The number of hydrogen-bond donors (Lipinski definition) is 1. The van der Waals surface area contributed by atoms with Gasteiger partial charge in [-0.2, -0.15) is 0 Å². The van der Waals surface area contributed by atoms with E-state index >= 15 is 0 Å². The van der Waals surface area contributed by atoms with E-state index in [-0.39, 0.29) is 5.04 Å². The summed E-state index contributed by atoms with van der Waals surface area (Å²) in [5.74, 6) is 0. The Bertz CT molecular complexity index is 512. The van der Waals surface area contributed by atoms with Crippen molar-refractivity contribution in [2.24, 2.45) is 0 Å². The van der Waals surface area contributed by atoms with Gasteiger partial charge in [-0.15, -0.1) is 0 Å². The minimum absolute atomic E-state index is 0.136. The van der Waals surface area contributed by atoms with Crippen LogP contribution in [0.5, 0.6) is 0 Å². The van der Waals surface area contributed by atoms with Crippen molar-refractivity contribution in [3.05, 3.63) is 28.5 Å². The third kappa shape index (κ3) is 3.41. The number of halogens is 1. The van der Waals surface area contributed by atoms with Crippen molar-refractivity contribution in [2.45, 2.75) is 69.9 Å². The second-order valence-corrected chi connectivity index (χ2v) is 13.7. The molecule has 0 bridgehead atoms. The minimum Gasteiger partial charge on any atom is -0.406 e. The first-order chi connectivity index (χ1) is 9.37. The molecule has 3 nitrogen and oxygen atoms in total. The highest BCUT2D eigenvalue weighted by atomic mass is 79.9. The van der Waals surface area contributed by atoms with Gasteiger partial charge in [0.15, 0.2) is 8.32 Å². The van der Waals surface area contributed by atoms with Crippen LogP contribution in [0.15, 0.2) is 22.8 Å². The largest absolute Gasteiger partial charge is 0.406 e. The predicted octanol–water partition coefficient (Wildman–Crippen LogP) is 4.61. The van der Waals surface area contributed by atoms with Gasteiger partial charge in [-0.3, -0.25) is 4.98 Å². The highest BCUT2D eigenvalue weighted by Gasteiger charge is 2.57. The van der Waals surface area contributed by atoms with Crippen molar-refractivity contribution in [1.29, 1.82) is 0 Å². The monoisotopic (exact) mass is 371 g/mol. The van der Waals surface area contributed by atoms with Gasteiger partial charge in [0, 0.05) is 23.5 Å². The molecule has 0 atom stereocenters. The van der Waals surface area contributed by atoms with Crippen LogP contribution in [0.25, 0.3) is 0 Å². The Hall–Kier alpha value is -0.233. The van der Waals surface area contributed by atoms with Crippen molar-refractivity contribution in [1.82, 2.24) is 4.98 Å². The molecule has 1 aliphatic rings. The predicted molar refractivity (Wildman–Crippen MR) is 91.8 cm³/mol. The Morgan fingerprint density at radius 1 is 1.29 bits per heavy atom. The van der Waals surface area contributed by atoms with Gasteiger partial charge in [-0.25, -0.2) is 0 Å². The lowest BCUT2D eigenvalue weighted by atomic mass is 9.66. The molecule has 0 radical (unpaired) electrons. The second kappa shape index (κ2) is 5.15. The zero-order valence-corrected chi connectivity index (χ0v) is 16.4. The van der Waals surface area contributed by atoms with E-state index in [0.29, 0.717) is 12.8 Å². The zero-order chi connectivity index (χ0) is 16.1. The molecule has 1 aromatic rings. The van der Waals surface area contributed by atoms with Crippen LogP contribution < -0.4 is 0 Å². The first kappa shape index (κ1) is 17.1. The molecule has 2 rings (SSSR count). The van der Waals surface area contributed by atoms with Gasteiger partial charge in [-0.05, 0) is 53.1 Å². The topological polar surface area (TPSA) is 42.4 Å². The minimum atomic E-state index is -1.93. The van der Waals surface area contributed by atoms with Crippen molar-refractivity contribution in [2.75, 3.05) is 0 Å². The normalized spacial score (nSPS) is 30.1. The summed E-state index contributed by atoms with van der Waals surface area (Å²) in [6, 6.07) is 4.00. The van der Waals surface area contributed by atoms with Crippen molar-refractivity contribution in [3.63, 3.8) is 0 Å². The molecular formula is C16H26BrNO2Si. The van der Waals surface area contributed by atoms with Gasteiger partial charge in [0.25, 0.3) is 0 Å². The Morgan fingerprint density at radius 3 is 2.24 bits per heavy atom. The molecule has 1 heterocycles. The van der Waals surface area contributed by atoms with Crippen LogP contribution in [0.1, 0.15) is 46.2 Å². The highest BCUT2D eigenvalue weighted by Crippen LogP contribution is 2.54. The van der Waals surface area contributed by atoms with Gasteiger partial charge >= 0.3 is 0 Å². The standard InChI is InChI=1S/C16H26BrNO2Si/c1-14(2,3)21(5,6)20-16(10-15(4,19)11-16)13-8-7-12(17)9-18-13/h7-9,19H,10-11H2,1-6H3. The maximum absolute atomic E-state index is 10.3. The maximum atomic E-state index is 10.3. The third-order valence-corrected chi connectivity index (χ3v) is 9.77. The average molecular weight is 372 g/mol. The summed E-state index contributed by atoms with van der Waals surface area (Å²) in [5, 5.41) is 10.4. The van der Waals surface area contributed by atoms with Crippen molar-refractivity contribution in [3.8, 4) is 0 Å². The van der Waals surface area contributed by atoms with E-state index in [2.05, 4.69) is 54.8 Å². The molecule has 0 aromatic carbocycles. The molecule has 0 amide bonds. The lowest BCUT2D eigenvalue weighted by Crippen LogP contribution is -2.60. The molecule has 5 heteroatoms. The van der Waals surface area contributed by atoms with Crippen LogP contribution in [0, 0.1) is 0 Å². The number of hydrogen-bond acceptors (Lipinski definition) is 3. The molecule has 0 spiro atoms. The fourth-order valence-corrected chi connectivity index (χ4v) is 4.54. The van der Waals surface area contributed by atoms with Gasteiger partial charge < -0.3 is 9.53 Å². The number of pyridine rings is 1. The van der Waals surface area contributed by atoms with Crippen LogP contribution in [0.4, 0.5) is 0 Å². The van der Waals surface area contributed by atoms with Crippen LogP contribution in [0.3, 0.4) is 0 Å². The van der Waals surface area contributed by atoms with Crippen LogP contribution >= 0.6 is 15.9 Å². The van der Waals surface area contributed by atoms with E-state index in [1.165, 1.54) is 0 Å². The van der Waals surface area contributed by atoms with Crippen LogP contribution in [-0.4, -0.2) is 24.0 Å². The number of aliphatic hydroxyl groups is 1. The van der Waals surface area contributed by atoms with Gasteiger partial charge in [0.1, 0.15) is 5.60 Å². The van der Waals surface area contributed by atoms with Crippen molar-refractivity contribution < 1.29 is 9.53 Å². The summed E-state index contributed by atoms with van der Waals surface area (Å²) in [6.45, 7) is 13.1. The SMILES string of the molecule is CC1(O)CC(O[Si](C)(C)C(C)(C)C)(c2ccc(Br)cn2)C1. The quantitative estimate of drug-likeness (QED) is 0.788. The fraction of sp³-hybridized carbons (Fsp3) is 0.688. The number of aromatic nitrogens is 1. The van der Waals surface area contributed by atoms with E-state index in [1.54, 1.807) is 6.20 Å². The van der Waals surface area contributed by atoms with Gasteiger partial charge in [0.2, 0.25) is 0 Å². The molecule has 1 fully saturated rings. The third-order valence-electron chi connectivity index (χ3n) is 4.78. The van der Waals surface area contributed by atoms with Crippen LogP contribution in [0.2, 0.25) is 18.1 Å². The molecule has 1 saturated carbocycles. The fourth-order valence-electron chi connectivity index (χ4n) is 2.77. The molecule has 21 heavy (non-hydrogen) atoms. The Kier molecular flexibility index (Phi) is 4.20. The summed E-state index contributed by atoms with van der Waals surface area (Å²) in [4.78, 5) is 4.54. The van der Waals surface area contributed by atoms with Crippen molar-refractivity contribution >= 4 is 24.2 Å². The average Bonchev–Trinajstić information content (AvgIpc) is 2.24. The smallest absolute Gasteiger partial charge is 0.193 e. The second-order valence-electron chi connectivity index (χ2n) is 8.07. The summed E-state index contributed by atoms with van der Waals surface area (Å²) in [7, 11) is -1.93. The van der Waals surface area contributed by atoms with E-state index in [9.17, 15) is 5.11 Å². The first-order valence-electron chi connectivity index (χ1n) is 7.42. The summed E-state index contributed by atoms with van der Waals surface area (Å²) < 4.78 is 7.65. The van der Waals surface area contributed by atoms with Gasteiger partial charge in [-0.1, -0.05) is 20.8 Å². The molecule has 1 aliphatic carbocycles. The molecular weight excluding hydrogens is 346 g/mol. The molecule has 1 N–H and O–H groups in total. The lowest BCUT2D eigenvalue weighted by Gasteiger charge is -2.55. The van der Waals surface area contributed by atoms with E-state index in [1.807, 2.05) is 19.1 Å². The molecule has 1 aromatic heterocycles. The summed E-state index contributed by atoms with van der Waals surface area (Å²) in [5.41, 5.74) is -0.160. The summed E-state index contributed by atoms with van der Waals surface area (Å²) in [6.07, 6.45) is 3.03. The molecule has 0 saturated heterocycles.